The lowest BCUT2D eigenvalue weighted by Crippen LogP contribution is -2.46. The molecule has 2 aromatic carbocycles. The van der Waals surface area contributed by atoms with Crippen molar-refractivity contribution >= 4 is 50.1 Å². The summed E-state index contributed by atoms with van der Waals surface area (Å²) in [5.41, 5.74) is 0.367. The second-order valence-electron chi connectivity index (χ2n) is 8.24. The number of rotatable bonds is 4. The molecule has 5 rings (SSSR count). The number of piperazine rings is 1. The third-order valence-electron chi connectivity index (χ3n) is 6.12. The zero-order valence-electron chi connectivity index (χ0n) is 16.9. The van der Waals surface area contributed by atoms with Crippen LogP contribution in [-0.2, 0) is 0 Å². The maximum absolute atomic E-state index is 16.0. The minimum absolute atomic E-state index is 0.00245. The van der Waals surface area contributed by atoms with E-state index in [1.165, 1.54) is 12.3 Å². The smallest absolute Gasteiger partial charge is 0.341 e. The lowest BCUT2D eigenvalue weighted by molar-refractivity contribution is 0.0695. The number of carboxylic acid groups (broad SMARTS) is 1. The molecule has 2 fully saturated rings. The van der Waals surface area contributed by atoms with Crippen LogP contribution < -0.4 is 15.6 Å². The number of hydrogen-bond donors (Lipinski definition) is 2. The normalized spacial score (nSPS) is 18.8. The number of aromatic carboxylic acids is 1. The molecule has 1 atom stereocenters. The molecule has 9 heteroatoms. The van der Waals surface area contributed by atoms with Gasteiger partial charge >= 0.3 is 5.97 Å². The molecular formula is C23H20BrClFN3O3. The van der Waals surface area contributed by atoms with Crippen molar-refractivity contribution in [2.45, 2.75) is 24.9 Å². The summed E-state index contributed by atoms with van der Waals surface area (Å²) in [6.45, 7) is 1.70. The van der Waals surface area contributed by atoms with Crippen LogP contribution in [0.5, 0.6) is 0 Å². The molecule has 2 aliphatic rings. The summed E-state index contributed by atoms with van der Waals surface area (Å²) in [6, 6.07) is 9.35. The number of fused-ring (bicyclic) bond motifs is 1. The Hall–Kier alpha value is -2.42. The zero-order valence-corrected chi connectivity index (χ0v) is 19.3. The van der Waals surface area contributed by atoms with Crippen molar-refractivity contribution < 1.29 is 14.3 Å². The fourth-order valence-corrected chi connectivity index (χ4v) is 4.96. The maximum Gasteiger partial charge on any atom is 0.341 e. The van der Waals surface area contributed by atoms with Crippen LogP contribution >= 0.6 is 27.5 Å². The van der Waals surface area contributed by atoms with Crippen LogP contribution in [0.25, 0.3) is 10.9 Å². The largest absolute Gasteiger partial charge is 0.477 e. The fraction of sp³-hybridized carbons (Fsp3) is 0.304. The van der Waals surface area contributed by atoms with Gasteiger partial charge < -0.3 is 19.9 Å². The molecule has 3 aromatic rings. The number of carbonyl (C=O) groups is 1. The van der Waals surface area contributed by atoms with Gasteiger partial charge in [0.2, 0.25) is 5.43 Å². The molecule has 0 bridgehead atoms. The van der Waals surface area contributed by atoms with Crippen molar-refractivity contribution in [3.05, 3.63) is 73.2 Å². The van der Waals surface area contributed by atoms with Gasteiger partial charge in [-0.2, -0.15) is 0 Å². The van der Waals surface area contributed by atoms with Crippen LogP contribution in [0.2, 0.25) is 5.02 Å². The Bertz CT molecular complexity index is 1290. The van der Waals surface area contributed by atoms with Gasteiger partial charge in [-0.05, 0) is 36.6 Å². The molecule has 1 aliphatic carbocycles. The third kappa shape index (κ3) is 3.70. The Balaban J connectivity index is 1.62. The molecule has 2 heterocycles. The summed E-state index contributed by atoms with van der Waals surface area (Å²) in [5, 5.41) is 13.0. The molecule has 32 heavy (non-hydrogen) atoms. The van der Waals surface area contributed by atoms with Gasteiger partial charge in [0.25, 0.3) is 0 Å². The highest BCUT2D eigenvalue weighted by Gasteiger charge is 2.32. The van der Waals surface area contributed by atoms with Gasteiger partial charge in [-0.15, -0.1) is 0 Å². The maximum atomic E-state index is 16.0. The van der Waals surface area contributed by atoms with Crippen LogP contribution in [0, 0.1) is 5.82 Å². The van der Waals surface area contributed by atoms with E-state index in [0.717, 1.165) is 22.9 Å². The van der Waals surface area contributed by atoms with Gasteiger partial charge in [0, 0.05) is 42.4 Å². The Morgan fingerprint density at radius 3 is 2.62 bits per heavy atom. The summed E-state index contributed by atoms with van der Waals surface area (Å²) in [7, 11) is 0. The van der Waals surface area contributed by atoms with E-state index in [0.29, 0.717) is 19.6 Å². The van der Waals surface area contributed by atoms with Gasteiger partial charge in [0.15, 0.2) is 5.82 Å². The van der Waals surface area contributed by atoms with E-state index in [2.05, 4.69) is 21.2 Å². The predicted molar refractivity (Wildman–Crippen MR) is 126 cm³/mol. The van der Waals surface area contributed by atoms with E-state index in [1.807, 2.05) is 29.2 Å². The highest BCUT2D eigenvalue weighted by molar-refractivity contribution is 9.10. The van der Waals surface area contributed by atoms with E-state index in [1.54, 1.807) is 4.57 Å². The summed E-state index contributed by atoms with van der Waals surface area (Å²) >= 11 is 9.94. The Labute approximate surface area is 196 Å². The van der Waals surface area contributed by atoms with Crippen LogP contribution in [0.15, 0.2) is 45.8 Å². The zero-order chi connectivity index (χ0) is 22.6. The highest BCUT2D eigenvalue weighted by atomic mass is 79.9. The first-order valence-electron chi connectivity index (χ1n) is 10.4. The number of nitrogens with one attached hydrogen (secondary N) is 1. The predicted octanol–water partition coefficient (Wildman–Crippen LogP) is 4.74. The van der Waals surface area contributed by atoms with Crippen molar-refractivity contribution in [2.75, 3.05) is 24.5 Å². The Morgan fingerprint density at radius 1 is 1.25 bits per heavy atom. The van der Waals surface area contributed by atoms with Crippen molar-refractivity contribution in [1.29, 1.82) is 0 Å². The van der Waals surface area contributed by atoms with Crippen LogP contribution in [0.4, 0.5) is 10.1 Å². The average Bonchev–Trinajstić information content (AvgIpc) is 3.60. The topological polar surface area (TPSA) is 74.6 Å². The molecule has 2 N–H and O–H groups in total. The van der Waals surface area contributed by atoms with Gasteiger partial charge in [0.1, 0.15) is 5.56 Å². The third-order valence-corrected chi connectivity index (χ3v) is 6.94. The summed E-state index contributed by atoms with van der Waals surface area (Å²) in [5.74, 6) is -1.91. The molecule has 0 radical (unpaired) electrons. The first-order chi connectivity index (χ1) is 15.3. The quantitative estimate of drug-likeness (QED) is 0.520. The number of carboxylic acids is 1. The number of benzene rings is 2. The molecule has 1 saturated carbocycles. The molecular weight excluding hydrogens is 501 g/mol. The number of aromatic nitrogens is 1. The van der Waals surface area contributed by atoms with Crippen LogP contribution in [0.3, 0.4) is 0 Å². The van der Waals surface area contributed by atoms with Gasteiger partial charge in [-0.25, -0.2) is 9.18 Å². The fourth-order valence-electron chi connectivity index (χ4n) is 4.39. The molecule has 0 amide bonds. The first-order valence-corrected chi connectivity index (χ1v) is 11.6. The van der Waals surface area contributed by atoms with E-state index >= 15 is 4.39 Å². The monoisotopic (exact) mass is 519 g/mol. The molecule has 1 unspecified atom stereocenters. The summed E-state index contributed by atoms with van der Waals surface area (Å²) in [6.07, 6.45) is 2.90. The van der Waals surface area contributed by atoms with Gasteiger partial charge in [-0.3, -0.25) is 4.79 Å². The standard InChI is InChI=1S/C23H20BrClFN3O3/c24-13-3-1-12(2-4-13)18-11-28(8-7-27-18)21-17(25)9-15-20(19(21)26)29(14-5-6-14)10-16(22(15)30)23(31)32/h1-4,9-10,14,18,27H,5-8,11H2,(H,31,32). The van der Waals surface area contributed by atoms with Gasteiger partial charge in [0.05, 0.1) is 21.6 Å². The first kappa shape index (κ1) is 21.4. The van der Waals surface area contributed by atoms with E-state index in [-0.39, 0.29) is 39.3 Å². The average molecular weight is 521 g/mol. The molecule has 1 aromatic heterocycles. The molecule has 0 spiro atoms. The second kappa shape index (κ2) is 8.17. The van der Waals surface area contributed by atoms with Crippen LogP contribution in [-0.4, -0.2) is 35.3 Å². The lowest BCUT2D eigenvalue weighted by Gasteiger charge is -2.36. The highest BCUT2D eigenvalue weighted by Crippen LogP contribution is 2.41. The molecule has 166 valence electrons. The summed E-state index contributed by atoms with van der Waals surface area (Å²) < 4.78 is 18.6. The van der Waals surface area contributed by atoms with Crippen LogP contribution in [0.1, 0.15) is 40.8 Å². The van der Waals surface area contributed by atoms with E-state index < -0.39 is 17.2 Å². The Morgan fingerprint density at radius 2 is 1.97 bits per heavy atom. The number of anilines is 1. The second-order valence-corrected chi connectivity index (χ2v) is 9.56. The minimum atomic E-state index is -1.33. The molecule has 6 nitrogen and oxygen atoms in total. The Kier molecular flexibility index (Phi) is 5.47. The van der Waals surface area contributed by atoms with E-state index in [9.17, 15) is 14.7 Å². The molecule has 1 saturated heterocycles. The van der Waals surface area contributed by atoms with Crippen molar-refractivity contribution in [3.8, 4) is 0 Å². The van der Waals surface area contributed by atoms with Gasteiger partial charge in [-0.1, -0.05) is 39.7 Å². The minimum Gasteiger partial charge on any atom is -0.477 e. The SMILES string of the molecule is O=C(O)c1cn(C2CC2)c2c(F)c(N3CCNC(c4ccc(Br)cc4)C3)c(Cl)cc2c1=O. The van der Waals surface area contributed by atoms with Crippen molar-refractivity contribution in [3.63, 3.8) is 0 Å². The molecule has 1 aliphatic heterocycles. The lowest BCUT2D eigenvalue weighted by atomic mass is 10.0. The number of hydrogen-bond acceptors (Lipinski definition) is 4. The number of nitrogens with zero attached hydrogens (tertiary/aromatic N) is 2. The van der Waals surface area contributed by atoms with E-state index in [4.69, 9.17) is 11.6 Å². The number of halogens is 3. The van der Waals surface area contributed by atoms with Crippen molar-refractivity contribution in [2.24, 2.45) is 0 Å². The van der Waals surface area contributed by atoms with Crippen molar-refractivity contribution in [1.82, 2.24) is 9.88 Å². The number of pyridine rings is 1. The summed E-state index contributed by atoms with van der Waals surface area (Å²) in [4.78, 5) is 26.2.